The number of hydrogen-bond acceptors (Lipinski definition) is 3. The smallest absolute Gasteiger partial charge is 0.245 e. The number of hydrogen-bond donors (Lipinski definition) is 2. The number of rotatable bonds is 4. The van der Waals surface area contributed by atoms with Crippen molar-refractivity contribution in [2.24, 2.45) is 0 Å². The number of para-hydroxylation sites is 1. The SMILES string of the molecule is CCN(C)C1(C(=O)Nc2c(C)cccc2C)CCNCC1. The molecule has 1 heterocycles. The van der Waals surface area contributed by atoms with Gasteiger partial charge in [0.1, 0.15) is 5.54 Å². The van der Waals surface area contributed by atoms with Crippen molar-refractivity contribution in [1.82, 2.24) is 10.2 Å². The molecule has 1 aromatic rings. The molecule has 1 fully saturated rings. The Balaban J connectivity index is 2.27. The summed E-state index contributed by atoms with van der Waals surface area (Å²) in [4.78, 5) is 15.2. The third kappa shape index (κ3) is 3.11. The Hall–Kier alpha value is -1.39. The number of nitrogens with one attached hydrogen (secondary N) is 2. The van der Waals surface area contributed by atoms with Crippen molar-refractivity contribution >= 4 is 11.6 Å². The molecular formula is C17H27N3O. The van der Waals surface area contributed by atoms with Crippen LogP contribution in [0.5, 0.6) is 0 Å². The second kappa shape index (κ2) is 6.58. The molecule has 21 heavy (non-hydrogen) atoms. The van der Waals surface area contributed by atoms with Crippen LogP contribution in [-0.2, 0) is 4.79 Å². The maximum atomic E-state index is 13.0. The van der Waals surface area contributed by atoms with Crippen LogP contribution in [0.15, 0.2) is 18.2 Å². The molecule has 0 atom stereocenters. The van der Waals surface area contributed by atoms with Gasteiger partial charge in [0.15, 0.2) is 0 Å². The van der Waals surface area contributed by atoms with Crippen LogP contribution < -0.4 is 10.6 Å². The van der Waals surface area contributed by atoms with Crippen molar-refractivity contribution in [3.05, 3.63) is 29.3 Å². The summed E-state index contributed by atoms with van der Waals surface area (Å²) < 4.78 is 0. The second-order valence-corrected chi connectivity index (χ2v) is 6.02. The fourth-order valence-electron chi connectivity index (χ4n) is 3.17. The van der Waals surface area contributed by atoms with Crippen LogP contribution in [0.4, 0.5) is 5.69 Å². The maximum absolute atomic E-state index is 13.0. The molecule has 0 spiro atoms. The monoisotopic (exact) mass is 289 g/mol. The van der Waals surface area contributed by atoms with E-state index in [4.69, 9.17) is 0 Å². The number of carbonyl (C=O) groups excluding carboxylic acids is 1. The van der Waals surface area contributed by atoms with Gasteiger partial charge in [0.2, 0.25) is 5.91 Å². The molecule has 4 heteroatoms. The van der Waals surface area contributed by atoms with Gasteiger partial charge in [-0.25, -0.2) is 0 Å². The molecule has 1 saturated heterocycles. The van der Waals surface area contributed by atoms with Gasteiger partial charge >= 0.3 is 0 Å². The van der Waals surface area contributed by atoms with Gasteiger partial charge in [-0.05, 0) is 64.5 Å². The molecule has 116 valence electrons. The Morgan fingerprint density at radius 3 is 2.38 bits per heavy atom. The van der Waals surface area contributed by atoms with Crippen LogP contribution in [-0.4, -0.2) is 43.0 Å². The first-order chi connectivity index (χ1) is 10.0. The van der Waals surface area contributed by atoms with Crippen molar-refractivity contribution in [3.63, 3.8) is 0 Å². The zero-order chi connectivity index (χ0) is 15.5. The summed E-state index contributed by atoms with van der Waals surface area (Å²) in [5, 5.41) is 6.55. The summed E-state index contributed by atoms with van der Waals surface area (Å²) in [6.07, 6.45) is 1.71. The number of piperidine rings is 1. The Bertz CT molecular complexity index is 487. The van der Waals surface area contributed by atoms with Gasteiger partial charge in [-0.3, -0.25) is 9.69 Å². The molecule has 0 aliphatic carbocycles. The number of anilines is 1. The van der Waals surface area contributed by atoms with Gasteiger partial charge in [-0.2, -0.15) is 0 Å². The molecule has 0 unspecified atom stereocenters. The molecular weight excluding hydrogens is 262 g/mol. The average molecular weight is 289 g/mol. The predicted octanol–water partition coefficient (Wildman–Crippen LogP) is 2.32. The average Bonchev–Trinajstić information content (AvgIpc) is 2.50. The number of likely N-dealkylation sites (N-methyl/N-ethyl adjacent to an activating group) is 1. The first-order valence-corrected chi connectivity index (χ1v) is 7.81. The van der Waals surface area contributed by atoms with Gasteiger partial charge in [-0.15, -0.1) is 0 Å². The van der Waals surface area contributed by atoms with E-state index in [1.165, 1.54) is 0 Å². The van der Waals surface area contributed by atoms with E-state index in [2.05, 4.69) is 29.5 Å². The normalized spacial score (nSPS) is 17.8. The maximum Gasteiger partial charge on any atom is 0.245 e. The molecule has 2 rings (SSSR count). The second-order valence-electron chi connectivity index (χ2n) is 6.02. The van der Waals surface area contributed by atoms with Gasteiger partial charge in [-0.1, -0.05) is 25.1 Å². The van der Waals surface area contributed by atoms with Crippen molar-refractivity contribution in [3.8, 4) is 0 Å². The molecule has 2 N–H and O–H groups in total. The minimum absolute atomic E-state index is 0.130. The summed E-state index contributed by atoms with van der Waals surface area (Å²) in [5.74, 6) is 0.130. The van der Waals surface area contributed by atoms with Crippen LogP contribution in [0.2, 0.25) is 0 Å². The van der Waals surface area contributed by atoms with E-state index >= 15 is 0 Å². The Morgan fingerprint density at radius 1 is 1.29 bits per heavy atom. The highest BCUT2D eigenvalue weighted by Crippen LogP contribution is 2.28. The highest BCUT2D eigenvalue weighted by atomic mass is 16.2. The quantitative estimate of drug-likeness (QED) is 0.894. The van der Waals surface area contributed by atoms with Crippen molar-refractivity contribution in [2.45, 2.75) is 39.2 Å². The third-order valence-corrected chi connectivity index (χ3v) is 4.78. The summed E-state index contributed by atoms with van der Waals surface area (Å²) in [7, 11) is 2.05. The highest BCUT2D eigenvalue weighted by molar-refractivity contribution is 5.99. The van der Waals surface area contributed by atoms with Gasteiger partial charge in [0.25, 0.3) is 0 Å². The topological polar surface area (TPSA) is 44.4 Å². The molecule has 0 radical (unpaired) electrons. The Kier molecular flexibility index (Phi) is 5.01. The van der Waals surface area contributed by atoms with Crippen LogP contribution >= 0.6 is 0 Å². The number of amides is 1. The first kappa shape index (κ1) is 16.0. The Morgan fingerprint density at radius 2 is 1.86 bits per heavy atom. The molecule has 1 amide bonds. The summed E-state index contributed by atoms with van der Waals surface area (Å²) >= 11 is 0. The minimum atomic E-state index is -0.394. The first-order valence-electron chi connectivity index (χ1n) is 7.81. The molecule has 0 aromatic heterocycles. The lowest BCUT2D eigenvalue weighted by Gasteiger charge is -2.43. The molecule has 4 nitrogen and oxygen atoms in total. The number of carbonyl (C=O) groups is 1. The van der Waals surface area contributed by atoms with Crippen LogP contribution in [0.25, 0.3) is 0 Å². The molecule has 1 aromatic carbocycles. The van der Waals surface area contributed by atoms with E-state index in [-0.39, 0.29) is 5.91 Å². The molecule has 1 aliphatic heterocycles. The van der Waals surface area contributed by atoms with Gasteiger partial charge in [0, 0.05) is 5.69 Å². The highest BCUT2D eigenvalue weighted by Gasteiger charge is 2.42. The zero-order valence-corrected chi connectivity index (χ0v) is 13.6. The molecule has 0 bridgehead atoms. The van der Waals surface area contributed by atoms with Crippen LogP contribution in [0.3, 0.4) is 0 Å². The van der Waals surface area contributed by atoms with Gasteiger partial charge < -0.3 is 10.6 Å². The lowest BCUT2D eigenvalue weighted by Crippen LogP contribution is -2.60. The van der Waals surface area contributed by atoms with Crippen LogP contribution in [0, 0.1) is 13.8 Å². The summed E-state index contributed by atoms with van der Waals surface area (Å²) in [6, 6.07) is 6.11. The fraction of sp³-hybridized carbons (Fsp3) is 0.588. The van der Waals surface area contributed by atoms with E-state index < -0.39 is 5.54 Å². The zero-order valence-electron chi connectivity index (χ0n) is 13.6. The lowest BCUT2D eigenvalue weighted by molar-refractivity contribution is -0.129. The Labute approximate surface area is 127 Å². The largest absolute Gasteiger partial charge is 0.324 e. The minimum Gasteiger partial charge on any atom is -0.324 e. The van der Waals surface area contributed by atoms with E-state index in [0.717, 1.165) is 49.3 Å². The summed E-state index contributed by atoms with van der Waals surface area (Å²) in [5.41, 5.74) is 2.80. The predicted molar refractivity (Wildman–Crippen MR) is 87.7 cm³/mol. The lowest BCUT2D eigenvalue weighted by atomic mass is 9.85. The van der Waals surface area contributed by atoms with Crippen LogP contribution in [0.1, 0.15) is 30.9 Å². The van der Waals surface area contributed by atoms with Crippen molar-refractivity contribution in [1.29, 1.82) is 0 Å². The third-order valence-electron chi connectivity index (χ3n) is 4.78. The van der Waals surface area contributed by atoms with Crippen molar-refractivity contribution in [2.75, 3.05) is 32.0 Å². The molecule has 1 aliphatic rings. The number of nitrogens with zero attached hydrogens (tertiary/aromatic N) is 1. The summed E-state index contributed by atoms with van der Waals surface area (Å²) in [6.45, 7) is 8.85. The van der Waals surface area contributed by atoms with Gasteiger partial charge in [0.05, 0.1) is 0 Å². The van der Waals surface area contributed by atoms with E-state index in [0.29, 0.717) is 0 Å². The standard InChI is InChI=1S/C17H27N3O/c1-5-20(4)17(9-11-18-12-10-17)16(21)19-15-13(2)7-6-8-14(15)3/h6-8,18H,5,9-12H2,1-4H3,(H,19,21). The number of aryl methyl sites for hydroxylation is 2. The van der Waals surface area contributed by atoms with E-state index in [1.54, 1.807) is 0 Å². The fourth-order valence-corrected chi connectivity index (χ4v) is 3.17. The number of benzene rings is 1. The van der Waals surface area contributed by atoms with Crippen molar-refractivity contribution < 1.29 is 4.79 Å². The van der Waals surface area contributed by atoms with E-state index in [1.807, 2.05) is 32.0 Å². The molecule has 0 saturated carbocycles. The van der Waals surface area contributed by atoms with E-state index in [9.17, 15) is 4.79 Å².